The van der Waals surface area contributed by atoms with Crippen LogP contribution in [0.3, 0.4) is 0 Å². The van der Waals surface area contributed by atoms with Gasteiger partial charge < -0.3 is 4.74 Å². The van der Waals surface area contributed by atoms with Gasteiger partial charge in [-0.2, -0.15) is 0 Å². The number of ether oxygens (including phenoxy) is 1. The van der Waals surface area contributed by atoms with Crippen LogP contribution in [0.2, 0.25) is 0 Å². The Balaban J connectivity index is 2.52. The van der Waals surface area contributed by atoms with Crippen LogP contribution in [-0.4, -0.2) is 12.1 Å². The highest BCUT2D eigenvalue weighted by Gasteiger charge is 2.24. The van der Waals surface area contributed by atoms with Gasteiger partial charge >= 0.3 is 5.97 Å². The van der Waals surface area contributed by atoms with Gasteiger partial charge in [-0.05, 0) is 31.6 Å². The van der Waals surface area contributed by atoms with Crippen molar-refractivity contribution in [1.29, 1.82) is 0 Å². The third kappa shape index (κ3) is 2.50. The van der Waals surface area contributed by atoms with E-state index < -0.39 is 0 Å². The van der Waals surface area contributed by atoms with Crippen molar-refractivity contribution in [3.8, 4) is 0 Å². The summed E-state index contributed by atoms with van der Waals surface area (Å²) in [6.07, 6.45) is 2.89. The van der Waals surface area contributed by atoms with Gasteiger partial charge in [-0.15, -0.1) is 0 Å². The van der Waals surface area contributed by atoms with Crippen LogP contribution in [0.4, 0.5) is 0 Å². The van der Waals surface area contributed by atoms with Crippen molar-refractivity contribution in [3.63, 3.8) is 0 Å². The highest BCUT2D eigenvalue weighted by atomic mass is 16.5. The van der Waals surface area contributed by atoms with Crippen LogP contribution >= 0.6 is 0 Å². The maximum atomic E-state index is 11.2. The number of hydrogen-bond acceptors (Lipinski definition) is 2. The van der Waals surface area contributed by atoms with Gasteiger partial charge in [0.2, 0.25) is 0 Å². The monoisotopic (exact) mass is 170 g/mol. The molecule has 2 heteroatoms. The average Bonchev–Trinajstić information content (AvgIpc) is 2.11. The summed E-state index contributed by atoms with van der Waals surface area (Å²) in [7, 11) is 0. The molecule has 1 fully saturated rings. The summed E-state index contributed by atoms with van der Waals surface area (Å²) in [6.45, 7) is 6.32. The summed E-state index contributed by atoms with van der Waals surface area (Å²) < 4.78 is 5.15. The molecule has 2 atom stereocenters. The predicted molar refractivity (Wildman–Crippen MR) is 47.7 cm³/mol. The molecule has 12 heavy (non-hydrogen) atoms. The van der Waals surface area contributed by atoms with Gasteiger partial charge in [-0.3, -0.25) is 4.79 Å². The molecule has 1 rings (SSSR count). The fourth-order valence-corrected chi connectivity index (χ4v) is 1.67. The van der Waals surface area contributed by atoms with Crippen LogP contribution in [-0.2, 0) is 9.53 Å². The fourth-order valence-electron chi connectivity index (χ4n) is 1.67. The normalized spacial score (nSPS) is 31.5. The second-order valence-corrected chi connectivity index (χ2v) is 4.09. The number of carbonyl (C=O) groups excluding carboxylic acids is 1. The van der Waals surface area contributed by atoms with E-state index in [0.717, 1.165) is 12.8 Å². The maximum absolute atomic E-state index is 11.2. The highest BCUT2D eigenvalue weighted by Crippen LogP contribution is 2.26. The standard InChI is InChI=1S/C10H18O2/c1-7(2)9-5-4-8(3)12-10(11)6-9/h7-9H,4-6H2,1-3H3/t8?,9-/m1/s1. The van der Waals surface area contributed by atoms with Gasteiger partial charge in [0, 0.05) is 6.42 Å². The SMILES string of the molecule is CC1CC[C@@H](C(C)C)CC(=O)O1. The minimum absolute atomic E-state index is 0.0151. The van der Waals surface area contributed by atoms with Crippen LogP contribution in [0.5, 0.6) is 0 Å². The zero-order valence-corrected chi connectivity index (χ0v) is 8.17. The predicted octanol–water partition coefficient (Wildman–Crippen LogP) is 2.37. The molecule has 1 aliphatic heterocycles. The van der Waals surface area contributed by atoms with E-state index in [1.54, 1.807) is 0 Å². The van der Waals surface area contributed by atoms with Crippen LogP contribution in [0.1, 0.15) is 40.0 Å². The van der Waals surface area contributed by atoms with Gasteiger partial charge in [-0.25, -0.2) is 0 Å². The summed E-state index contributed by atoms with van der Waals surface area (Å²) in [5.74, 6) is 1.11. The van der Waals surface area contributed by atoms with Gasteiger partial charge in [0.1, 0.15) is 0 Å². The molecule has 0 amide bonds. The molecular weight excluding hydrogens is 152 g/mol. The number of hydrogen-bond donors (Lipinski definition) is 0. The zero-order valence-electron chi connectivity index (χ0n) is 8.17. The molecule has 0 spiro atoms. The van der Waals surface area contributed by atoms with Crippen molar-refractivity contribution in [2.24, 2.45) is 11.8 Å². The van der Waals surface area contributed by atoms with Crippen molar-refractivity contribution >= 4 is 5.97 Å². The summed E-state index contributed by atoms with van der Waals surface area (Å²) >= 11 is 0. The minimum Gasteiger partial charge on any atom is -0.463 e. The molecule has 1 heterocycles. The first kappa shape index (κ1) is 9.56. The fraction of sp³-hybridized carbons (Fsp3) is 0.900. The molecule has 0 aliphatic carbocycles. The molecule has 0 aromatic rings. The molecule has 0 radical (unpaired) electrons. The molecule has 0 saturated carbocycles. The Morgan fingerprint density at radius 1 is 1.42 bits per heavy atom. The Bertz CT molecular complexity index is 163. The van der Waals surface area contributed by atoms with Crippen molar-refractivity contribution in [1.82, 2.24) is 0 Å². The molecule has 70 valence electrons. The van der Waals surface area contributed by atoms with E-state index in [0.29, 0.717) is 18.3 Å². The summed E-state index contributed by atoms with van der Waals surface area (Å²) in [5.41, 5.74) is 0. The van der Waals surface area contributed by atoms with Gasteiger partial charge in [0.15, 0.2) is 0 Å². The largest absolute Gasteiger partial charge is 0.463 e. The lowest BCUT2D eigenvalue weighted by Gasteiger charge is -2.15. The first-order chi connectivity index (χ1) is 5.59. The first-order valence-electron chi connectivity index (χ1n) is 4.79. The van der Waals surface area contributed by atoms with Crippen LogP contribution < -0.4 is 0 Å². The van der Waals surface area contributed by atoms with Crippen molar-refractivity contribution in [2.45, 2.75) is 46.1 Å². The van der Waals surface area contributed by atoms with Crippen molar-refractivity contribution < 1.29 is 9.53 Å². The van der Waals surface area contributed by atoms with Gasteiger partial charge in [0.25, 0.3) is 0 Å². The second-order valence-electron chi connectivity index (χ2n) is 4.09. The Morgan fingerprint density at radius 2 is 2.08 bits per heavy atom. The van der Waals surface area contributed by atoms with Crippen LogP contribution in [0.15, 0.2) is 0 Å². The zero-order chi connectivity index (χ0) is 9.14. The molecule has 0 bridgehead atoms. The Labute approximate surface area is 74.3 Å². The molecular formula is C10H18O2. The van der Waals surface area contributed by atoms with E-state index in [1.165, 1.54) is 0 Å². The molecule has 1 aliphatic rings. The van der Waals surface area contributed by atoms with Crippen molar-refractivity contribution in [3.05, 3.63) is 0 Å². The van der Waals surface area contributed by atoms with E-state index in [9.17, 15) is 4.79 Å². The van der Waals surface area contributed by atoms with Crippen LogP contribution in [0, 0.1) is 11.8 Å². The lowest BCUT2D eigenvalue weighted by atomic mass is 9.88. The van der Waals surface area contributed by atoms with E-state index in [2.05, 4.69) is 13.8 Å². The molecule has 1 unspecified atom stereocenters. The number of esters is 1. The molecule has 2 nitrogen and oxygen atoms in total. The van der Waals surface area contributed by atoms with E-state index >= 15 is 0 Å². The number of cyclic esters (lactones) is 1. The third-order valence-corrected chi connectivity index (χ3v) is 2.65. The Morgan fingerprint density at radius 3 is 2.67 bits per heavy atom. The summed E-state index contributed by atoms with van der Waals surface area (Å²) in [6, 6.07) is 0. The maximum Gasteiger partial charge on any atom is 0.306 e. The van der Waals surface area contributed by atoms with Gasteiger partial charge in [0.05, 0.1) is 6.10 Å². The molecule has 0 aromatic carbocycles. The average molecular weight is 170 g/mol. The lowest BCUT2D eigenvalue weighted by molar-refractivity contribution is -0.147. The smallest absolute Gasteiger partial charge is 0.306 e. The Kier molecular flexibility index (Phi) is 3.12. The van der Waals surface area contributed by atoms with E-state index in [1.807, 2.05) is 6.92 Å². The quantitative estimate of drug-likeness (QED) is 0.565. The third-order valence-electron chi connectivity index (χ3n) is 2.65. The minimum atomic E-state index is -0.0151. The topological polar surface area (TPSA) is 26.3 Å². The summed E-state index contributed by atoms with van der Waals surface area (Å²) in [5, 5.41) is 0. The summed E-state index contributed by atoms with van der Waals surface area (Å²) in [4.78, 5) is 11.2. The van der Waals surface area contributed by atoms with Crippen LogP contribution in [0.25, 0.3) is 0 Å². The molecule has 0 N–H and O–H groups in total. The van der Waals surface area contributed by atoms with E-state index in [-0.39, 0.29) is 12.1 Å². The number of rotatable bonds is 1. The first-order valence-corrected chi connectivity index (χ1v) is 4.79. The van der Waals surface area contributed by atoms with Gasteiger partial charge in [-0.1, -0.05) is 13.8 Å². The van der Waals surface area contributed by atoms with E-state index in [4.69, 9.17) is 4.74 Å². The lowest BCUT2D eigenvalue weighted by Crippen LogP contribution is -2.13. The molecule has 1 saturated heterocycles. The number of carbonyl (C=O) groups is 1. The molecule has 0 aromatic heterocycles. The highest BCUT2D eigenvalue weighted by molar-refractivity contribution is 5.70. The van der Waals surface area contributed by atoms with Crippen molar-refractivity contribution in [2.75, 3.05) is 0 Å². The Hall–Kier alpha value is -0.530. The second kappa shape index (κ2) is 3.92.